The van der Waals surface area contributed by atoms with Crippen LogP contribution >= 0.6 is 15.9 Å². The minimum atomic E-state index is 0.552. The number of nitrogens with zero attached hydrogens (tertiary/aromatic N) is 3. The molecule has 0 aliphatic carbocycles. The van der Waals surface area contributed by atoms with Gasteiger partial charge in [0.05, 0.1) is 17.3 Å². The molecule has 0 N–H and O–H groups in total. The molecule has 0 amide bonds. The molecule has 5 heteroatoms. The Morgan fingerprint density at radius 2 is 2.19 bits per heavy atom. The molecule has 0 radical (unpaired) electrons. The number of benzene rings is 1. The largest absolute Gasteiger partial charge is 0.437 e. The molecule has 4 nitrogen and oxygen atoms in total. The number of nitriles is 1. The second-order valence-electron chi connectivity index (χ2n) is 4.62. The molecule has 3 rings (SSSR count). The van der Waals surface area contributed by atoms with Crippen molar-refractivity contribution < 1.29 is 4.74 Å². The van der Waals surface area contributed by atoms with E-state index in [1.54, 1.807) is 12.1 Å². The zero-order chi connectivity index (χ0) is 14.8. The van der Waals surface area contributed by atoms with Crippen molar-refractivity contribution >= 4 is 21.6 Å². The van der Waals surface area contributed by atoms with E-state index in [0.29, 0.717) is 22.5 Å². The molecule has 104 valence electrons. The van der Waals surface area contributed by atoms with Crippen LogP contribution in [0.4, 0.5) is 0 Å². The Balaban J connectivity index is 2.08. The van der Waals surface area contributed by atoms with Gasteiger partial charge in [-0.2, -0.15) is 10.2 Å². The van der Waals surface area contributed by atoms with E-state index in [9.17, 15) is 0 Å². The molecule has 0 atom stereocenters. The van der Waals surface area contributed by atoms with Crippen LogP contribution in [0, 0.1) is 18.3 Å². The van der Waals surface area contributed by atoms with Crippen molar-refractivity contribution in [1.82, 2.24) is 9.38 Å². The SMILES string of the molecule is Cc1ccc(C#N)cc1Oc1nc2ccccn2c1CBr. The first-order chi connectivity index (χ1) is 10.2. The third-order valence-corrected chi connectivity index (χ3v) is 3.77. The van der Waals surface area contributed by atoms with Gasteiger partial charge in [-0.3, -0.25) is 4.40 Å². The molecule has 1 aromatic carbocycles. The highest BCUT2D eigenvalue weighted by Crippen LogP contribution is 2.30. The number of aromatic nitrogens is 2. The second kappa shape index (κ2) is 5.58. The molecule has 0 bridgehead atoms. The van der Waals surface area contributed by atoms with Gasteiger partial charge < -0.3 is 4.74 Å². The van der Waals surface area contributed by atoms with E-state index in [0.717, 1.165) is 16.9 Å². The number of pyridine rings is 1. The molecule has 0 unspecified atom stereocenters. The highest BCUT2D eigenvalue weighted by molar-refractivity contribution is 9.08. The number of rotatable bonds is 3. The number of imidazole rings is 1. The first kappa shape index (κ1) is 13.7. The topological polar surface area (TPSA) is 50.3 Å². The lowest BCUT2D eigenvalue weighted by molar-refractivity contribution is 0.458. The predicted octanol–water partition coefficient (Wildman–Crippen LogP) is 4.20. The van der Waals surface area contributed by atoms with Gasteiger partial charge in [-0.1, -0.05) is 28.1 Å². The van der Waals surface area contributed by atoms with Gasteiger partial charge >= 0.3 is 0 Å². The van der Waals surface area contributed by atoms with Gasteiger partial charge in [-0.25, -0.2) is 0 Å². The summed E-state index contributed by atoms with van der Waals surface area (Å²) < 4.78 is 7.93. The van der Waals surface area contributed by atoms with Gasteiger partial charge in [0.1, 0.15) is 11.4 Å². The van der Waals surface area contributed by atoms with E-state index >= 15 is 0 Å². The fourth-order valence-corrected chi connectivity index (χ4v) is 2.62. The van der Waals surface area contributed by atoms with Crippen LogP contribution in [0.2, 0.25) is 0 Å². The highest BCUT2D eigenvalue weighted by atomic mass is 79.9. The molecule has 0 aliphatic heterocycles. The first-order valence-electron chi connectivity index (χ1n) is 6.43. The van der Waals surface area contributed by atoms with Crippen molar-refractivity contribution in [2.75, 3.05) is 0 Å². The zero-order valence-corrected chi connectivity index (χ0v) is 13.0. The summed E-state index contributed by atoms with van der Waals surface area (Å²) in [5, 5.41) is 9.63. The maximum atomic E-state index is 9.00. The smallest absolute Gasteiger partial charge is 0.242 e. The quantitative estimate of drug-likeness (QED) is 0.670. The number of fused-ring (bicyclic) bond motifs is 1. The summed E-state index contributed by atoms with van der Waals surface area (Å²) in [7, 11) is 0. The lowest BCUT2D eigenvalue weighted by atomic mass is 10.1. The van der Waals surface area contributed by atoms with Crippen molar-refractivity contribution in [1.29, 1.82) is 5.26 Å². The van der Waals surface area contributed by atoms with Crippen LogP contribution in [0.25, 0.3) is 5.65 Å². The highest BCUT2D eigenvalue weighted by Gasteiger charge is 2.14. The number of ether oxygens (including phenoxy) is 1. The fraction of sp³-hybridized carbons (Fsp3) is 0.125. The van der Waals surface area contributed by atoms with Crippen LogP contribution in [0.3, 0.4) is 0 Å². The fourth-order valence-electron chi connectivity index (χ4n) is 2.11. The predicted molar refractivity (Wildman–Crippen MR) is 83.8 cm³/mol. The summed E-state index contributed by atoms with van der Waals surface area (Å²) in [6, 6.07) is 13.3. The summed E-state index contributed by atoms with van der Waals surface area (Å²) in [6.45, 7) is 1.94. The third kappa shape index (κ3) is 2.50. The molecule has 3 aromatic rings. The van der Waals surface area contributed by atoms with Gasteiger partial charge in [0, 0.05) is 11.5 Å². The Labute approximate surface area is 130 Å². The summed E-state index contributed by atoms with van der Waals surface area (Å²) in [5.74, 6) is 1.20. The van der Waals surface area contributed by atoms with E-state index in [-0.39, 0.29) is 0 Å². The molecule has 0 spiro atoms. The van der Waals surface area contributed by atoms with E-state index in [4.69, 9.17) is 10.00 Å². The normalized spacial score (nSPS) is 10.5. The number of alkyl halides is 1. The number of halogens is 1. The van der Waals surface area contributed by atoms with Crippen LogP contribution < -0.4 is 4.74 Å². The van der Waals surface area contributed by atoms with Crippen LogP contribution in [0.5, 0.6) is 11.6 Å². The third-order valence-electron chi connectivity index (χ3n) is 3.24. The minimum Gasteiger partial charge on any atom is -0.437 e. The Bertz CT molecular complexity index is 848. The molecule has 0 saturated heterocycles. The molecular weight excluding hydrogens is 330 g/mol. The van der Waals surface area contributed by atoms with Crippen LogP contribution in [-0.2, 0) is 5.33 Å². The lowest BCUT2D eigenvalue weighted by Crippen LogP contribution is -1.93. The summed E-state index contributed by atoms with van der Waals surface area (Å²) in [5.41, 5.74) is 3.30. The van der Waals surface area contributed by atoms with Crippen molar-refractivity contribution in [2.45, 2.75) is 12.3 Å². The van der Waals surface area contributed by atoms with E-state index in [1.807, 2.05) is 41.8 Å². The lowest BCUT2D eigenvalue weighted by Gasteiger charge is -2.07. The number of aryl methyl sites for hydroxylation is 1. The Morgan fingerprint density at radius 3 is 2.95 bits per heavy atom. The molecule has 2 heterocycles. The Morgan fingerprint density at radius 1 is 1.33 bits per heavy atom. The minimum absolute atomic E-state index is 0.552. The monoisotopic (exact) mass is 341 g/mol. The van der Waals surface area contributed by atoms with Crippen LogP contribution in [0.15, 0.2) is 42.6 Å². The average molecular weight is 342 g/mol. The molecule has 0 fully saturated rings. The maximum absolute atomic E-state index is 9.00. The maximum Gasteiger partial charge on any atom is 0.242 e. The van der Waals surface area contributed by atoms with E-state index in [1.165, 1.54) is 0 Å². The van der Waals surface area contributed by atoms with Crippen molar-refractivity contribution in [3.63, 3.8) is 0 Å². The molecule has 21 heavy (non-hydrogen) atoms. The molecule has 2 aromatic heterocycles. The Hall–Kier alpha value is -2.32. The number of hydrogen-bond acceptors (Lipinski definition) is 3. The van der Waals surface area contributed by atoms with Gasteiger partial charge in [-0.15, -0.1) is 0 Å². The summed E-state index contributed by atoms with van der Waals surface area (Å²) in [6.07, 6.45) is 1.95. The standard InChI is InChI=1S/C16H12BrN3O/c1-11-5-6-12(10-18)8-14(11)21-16-13(9-17)20-7-3-2-4-15(20)19-16/h2-8H,9H2,1H3. The van der Waals surface area contributed by atoms with E-state index in [2.05, 4.69) is 27.0 Å². The Kier molecular flexibility index (Phi) is 3.63. The van der Waals surface area contributed by atoms with Crippen molar-refractivity contribution in [3.8, 4) is 17.7 Å². The summed E-state index contributed by atoms with van der Waals surface area (Å²) >= 11 is 3.48. The summed E-state index contributed by atoms with van der Waals surface area (Å²) in [4.78, 5) is 4.50. The van der Waals surface area contributed by atoms with Gasteiger partial charge in [0.2, 0.25) is 5.88 Å². The zero-order valence-electron chi connectivity index (χ0n) is 11.4. The molecule has 0 saturated carbocycles. The number of hydrogen-bond donors (Lipinski definition) is 0. The molecule has 0 aliphatic rings. The van der Waals surface area contributed by atoms with Gasteiger partial charge in [-0.05, 0) is 36.8 Å². The van der Waals surface area contributed by atoms with Crippen molar-refractivity contribution in [2.24, 2.45) is 0 Å². The second-order valence-corrected chi connectivity index (χ2v) is 5.18. The average Bonchev–Trinajstić information content (AvgIpc) is 2.86. The molecular formula is C16H12BrN3O. The van der Waals surface area contributed by atoms with E-state index < -0.39 is 0 Å². The van der Waals surface area contributed by atoms with Gasteiger partial charge in [0.15, 0.2) is 0 Å². The van der Waals surface area contributed by atoms with Gasteiger partial charge in [0.25, 0.3) is 0 Å². The first-order valence-corrected chi connectivity index (χ1v) is 7.55. The van der Waals surface area contributed by atoms with Crippen LogP contribution in [0.1, 0.15) is 16.8 Å². The van der Waals surface area contributed by atoms with Crippen molar-refractivity contribution in [3.05, 3.63) is 59.4 Å². The van der Waals surface area contributed by atoms with Crippen LogP contribution in [-0.4, -0.2) is 9.38 Å².